The molecular weight excluding hydrogens is 306 g/mol. The molecule has 5 heteroatoms. The minimum Gasteiger partial charge on any atom is -0.339 e. The molecule has 2 aromatic rings. The third-order valence-corrected chi connectivity index (χ3v) is 4.23. The Balaban J connectivity index is 1.77. The molecule has 1 aromatic carbocycles. The zero-order valence-electron chi connectivity index (χ0n) is 10.8. The molecule has 4 nitrogen and oxygen atoms in total. The molecule has 0 spiro atoms. The third-order valence-electron chi connectivity index (χ3n) is 3.54. The molecule has 0 saturated heterocycles. The second-order valence-corrected chi connectivity index (χ2v) is 5.78. The Labute approximate surface area is 120 Å². The largest absolute Gasteiger partial charge is 0.339 e. The highest BCUT2D eigenvalue weighted by atomic mass is 79.9. The van der Waals surface area contributed by atoms with E-state index >= 15 is 0 Å². The second-order valence-electron chi connectivity index (χ2n) is 4.93. The van der Waals surface area contributed by atoms with Gasteiger partial charge in [-0.15, -0.1) is 0 Å². The number of hydrogen-bond acceptors (Lipinski definition) is 4. The Kier molecular flexibility index (Phi) is 3.66. The van der Waals surface area contributed by atoms with Gasteiger partial charge < -0.3 is 9.84 Å². The number of aromatic nitrogens is 2. The van der Waals surface area contributed by atoms with Crippen molar-refractivity contribution in [2.75, 3.05) is 7.05 Å². The molecule has 1 fully saturated rings. The van der Waals surface area contributed by atoms with E-state index in [2.05, 4.69) is 31.4 Å². The Bertz CT molecular complexity index is 565. The number of likely N-dealkylation sites (N-methyl/N-ethyl adjacent to an activating group) is 1. The number of rotatable bonds is 5. The van der Waals surface area contributed by atoms with Gasteiger partial charge >= 0.3 is 0 Å². The van der Waals surface area contributed by atoms with Crippen LogP contribution >= 0.6 is 15.9 Å². The van der Waals surface area contributed by atoms with E-state index in [9.17, 15) is 0 Å². The highest BCUT2D eigenvalue weighted by Gasteiger charge is 2.31. The molecule has 1 unspecified atom stereocenters. The molecular formula is C14H16BrN3O. The van der Waals surface area contributed by atoms with E-state index in [0.717, 1.165) is 22.4 Å². The summed E-state index contributed by atoms with van der Waals surface area (Å²) >= 11 is 3.51. The fourth-order valence-corrected chi connectivity index (χ4v) is 2.74. The summed E-state index contributed by atoms with van der Waals surface area (Å²) in [6, 6.07) is 8.35. The smallest absolute Gasteiger partial charge is 0.228 e. The standard InChI is InChI=1S/C14H16BrN3O/c1-16-12(9-6-7-9)8-13-17-14(18-19-13)10-4-2-3-5-11(10)15/h2-5,9,12,16H,6-8H2,1H3. The first-order valence-electron chi connectivity index (χ1n) is 6.52. The molecule has 1 atom stereocenters. The van der Waals surface area contributed by atoms with Crippen LogP contribution in [0.2, 0.25) is 0 Å². The van der Waals surface area contributed by atoms with Gasteiger partial charge in [-0.3, -0.25) is 0 Å². The van der Waals surface area contributed by atoms with Crippen LogP contribution in [0.4, 0.5) is 0 Å². The zero-order chi connectivity index (χ0) is 13.2. The summed E-state index contributed by atoms with van der Waals surface area (Å²) in [6.07, 6.45) is 3.41. The summed E-state index contributed by atoms with van der Waals surface area (Å²) < 4.78 is 6.34. The average molecular weight is 322 g/mol. The minimum absolute atomic E-state index is 0.451. The molecule has 1 saturated carbocycles. The van der Waals surface area contributed by atoms with Crippen LogP contribution in [0.3, 0.4) is 0 Å². The van der Waals surface area contributed by atoms with Crippen LogP contribution in [0.1, 0.15) is 18.7 Å². The number of nitrogens with zero attached hydrogens (tertiary/aromatic N) is 2. The van der Waals surface area contributed by atoms with Gasteiger partial charge in [-0.05, 0) is 37.9 Å². The number of nitrogens with one attached hydrogen (secondary N) is 1. The highest BCUT2D eigenvalue weighted by molar-refractivity contribution is 9.10. The summed E-state index contributed by atoms with van der Waals surface area (Å²) in [5.74, 6) is 2.12. The van der Waals surface area contributed by atoms with Crippen molar-refractivity contribution in [3.05, 3.63) is 34.6 Å². The Morgan fingerprint density at radius 1 is 1.42 bits per heavy atom. The topological polar surface area (TPSA) is 51.0 Å². The fourth-order valence-electron chi connectivity index (χ4n) is 2.28. The van der Waals surface area contributed by atoms with E-state index in [1.807, 2.05) is 31.3 Å². The van der Waals surface area contributed by atoms with Crippen molar-refractivity contribution in [3.8, 4) is 11.4 Å². The maximum Gasteiger partial charge on any atom is 0.228 e. The quantitative estimate of drug-likeness (QED) is 0.919. The molecule has 1 N–H and O–H groups in total. The second kappa shape index (κ2) is 5.43. The van der Waals surface area contributed by atoms with E-state index in [0.29, 0.717) is 17.8 Å². The van der Waals surface area contributed by atoms with Gasteiger partial charge in [0.15, 0.2) is 0 Å². The van der Waals surface area contributed by atoms with Crippen molar-refractivity contribution in [2.45, 2.75) is 25.3 Å². The Hall–Kier alpha value is -1.20. The molecule has 19 heavy (non-hydrogen) atoms. The minimum atomic E-state index is 0.451. The van der Waals surface area contributed by atoms with Crippen LogP contribution in [-0.4, -0.2) is 23.2 Å². The summed E-state index contributed by atoms with van der Waals surface area (Å²) in [6.45, 7) is 0. The van der Waals surface area contributed by atoms with E-state index in [1.54, 1.807) is 0 Å². The first kappa shape index (κ1) is 12.8. The van der Waals surface area contributed by atoms with Gasteiger partial charge in [-0.25, -0.2) is 0 Å². The lowest BCUT2D eigenvalue weighted by Crippen LogP contribution is -2.29. The number of halogens is 1. The van der Waals surface area contributed by atoms with Crippen molar-refractivity contribution >= 4 is 15.9 Å². The van der Waals surface area contributed by atoms with Gasteiger partial charge in [0.2, 0.25) is 11.7 Å². The van der Waals surface area contributed by atoms with Gasteiger partial charge in [0, 0.05) is 22.5 Å². The van der Waals surface area contributed by atoms with Crippen molar-refractivity contribution in [1.82, 2.24) is 15.5 Å². The van der Waals surface area contributed by atoms with Crippen molar-refractivity contribution in [2.24, 2.45) is 5.92 Å². The molecule has 3 rings (SSSR count). The lowest BCUT2D eigenvalue weighted by atomic mass is 10.1. The van der Waals surface area contributed by atoms with Gasteiger partial charge in [0.25, 0.3) is 0 Å². The van der Waals surface area contributed by atoms with E-state index in [1.165, 1.54) is 12.8 Å². The van der Waals surface area contributed by atoms with Crippen molar-refractivity contribution < 1.29 is 4.52 Å². The molecule has 0 radical (unpaired) electrons. The van der Waals surface area contributed by atoms with Crippen molar-refractivity contribution in [1.29, 1.82) is 0 Å². The van der Waals surface area contributed by atoms with Gasteiger partial charge in [-0.2, -0.15) is 4.98 Å². The van der Waals surface area contributed by atoms with E-state index < -0.39 is 0 Å². The van der Waals surface area contributed by atoms with E-state index in [-0.39, 0.29) is 0 Å². The van der Waals surface area contributed by atoms with Crippen molar-refractivity contribution in [3.63, 3.8) is 0 Å². The molecule has 1 aliphatic carbocycles. The third kappa shape index (κ3) is 2.87. The molecule has 0 aliphatic heterocycles. The summed E-state index contributed by atoms with van der Waals surface area (Å²) in [5, 5.41) is 7.41. The maximum atomic E-state index is 5.36. The van der Waals surface area contributed by atoms with Gasteiger partial charge in [0.05, 0.1) is 0 Å². The predicted molar refractivity (Wildman–Crippen MR) is 76.7 cm³/mol. The van der Waals surface area contributed by atoms with Gasteiger partial charge in [0.1, 0.15) is 0 Å². The van der Waals surface area contributed by atoms with Crippen LogP contribution < -0.4 is 5.32 Å². The molecule has 1 aliphatic rings. The first-order valence-corrected chi connectivity index (χ1v) is 7.32. The van der Waals surface area contributed by atoms with Crippen LogP contribution in [0, 0.1) is 5.92 Å². The maximum absolute atomic E-state index is 5.36. The molecule has 1 aromatic heterocycles. The Morgan fingerprint density at radius 2 is 2.21 bits per heavy atom. The highest BCUT2D eigenvalue weighted by Crippen LogP contribution is 2.34. The molecule has 100 valence electrons. The summed E-state index contributed by atoms with van der Waals surface area (Å²) in [7, 11) is 1.99. The normalized spacial score (nSPS) is 16.5. The summed E-state index contributed by atoms with van der Waals surface area (Å²) in [4.78, 5) is 4.49. The SMILES string of the molecule is CNC(Cc1nc(-c2ccccc2Br)no1)C1CC1. The Morgan fingerprint density at radius 3 is 2.89 bits per heavy atom. The lowest BCUT2D eigenvalue weighted by Gasteiger charge is -2.11. The number of benzene rings is 1. The zero-order valence-corrected chi connectivity index (χ0v) is 12.4. The van der Waals surface area contributed by atoms with Crippen LogP contribution in [0.5, 0.6) is 0 Å². The summed E-state index contributed by atoms with van der Waals surface area (Å²) in [5.41, 5.74) is 0.963. The molecule has 1 heterocycles. The monoisotopic (exact) mass is 321 g/mol. The van der Waals surface area contributed by atoms with Gasteiger partial charge in [-0.1, -0.05) is 33.2 Å². The number of hydrogen-bond donors (Lipinski definition) is 1. The molecule has 0 bridgehead atoms. The lowest BCUT2D eigenvalue weighted by molar-refractivity contribution is 0.352. The fraction of sp³-hybridized carbons (Fsp3) is 0.429. The van der Waals surface area contributed by atoms with E-state index in [4.69, 9.17) is 4.52 Å². The van der Waals surface area contributed by atoms with Crippen LogP contribution in [0.15, 0.2) is 33.3 Å². The molecule has 0 amide bonds. The first-order chi connectivity index (χ1) is 9.28. The predicted octanol–water partition coefficient (Wildman–Crippen LogP) is 3.04. The average Bonchev–Trinajstić information content (AvgIpc) is 3.16. The van der Waals surface area contributed by atoms with Crippen LogP contribution in [0.25, 0.3) is 11.4 Å². The van der Waals surface area contributed by atoms with Crippen LogP contribution in [-0.2, 0) is 6.42 Å².